The molecule has 0 radical (unpaired) electrons. The molecule has 0 bridgehead atoms. The molecule has 0 aromatic heterocycles. The second-order valence-corrected chi connectivity index (χ2v) is 6.43. The van der Waals surface area contributed by atoms with Crippen molar-refractivity contribution in [2.45, 2.75) is 76.9 Å². The molecule has 1 aliphatic rings. The molecule has 1 N–H and O–H groups in total. The van der Waals surface area contributed by atoms with Crippen LogP contribution in [0.1, 0.15) is 81.9 Å². The average molecular weight is 314 g/mol. The normalized spacial score (nSPS) is 19.2. The third kappa shape index (κ3) is 6.77. The van der Waals surface area contributed by atoms with Gasteiger partial charge in [0.2, 0.25) is 0 Å². The number of ether oxygens (including phenoxy) is 1. The average Bonchev–Trinajstić information content (AvgIpc) is 3.37. The van der Waals surface area contributed by atoms with Gasteiger partial charge in [-0.15, -0.1) is 0 Å². The maximum Gasteiger partial charge on any atom is 0.112 e. The summed E-state index contributed by atoms with van der Waals surface area (Å²) >= 11 is 0. The minimum absolute atomic E-state index is 0.0180. The summed E-state index contributed by atoms with van der Waals surface area (Å²) in [5.41, 5.74) is 2.18. The van der Waals surface area contributed by atoms with Crippen LogP contribution in [0.15, 0.2) is 24.3 Å². The predicted octanol–water partition coefficient (Wildman–Crippen LogP) is 5.00. The quantitative estimate of drug-likeness (QED) is 0.374. The van der Waals surface area contributed by atoms with E-state index in [1.807, 2.05) is 18.2 Å². The first-order valence-corrected chi connectivity index (χ1v) is 9.20. The topological polar surface area (TPSA) is 32.8 Å². The Morgan fingerprint density at radius 3 is 2.48 bits per heavy atom. The number of aliphatic hydroxyl groups excluding tert-OH is 1. The zero-order valence-electron chi connectivity index (χ0n) is 14.4. The Bertz CT molecular complexity index is 512. The second-order valence-electron chi connectivity index (χ2n) is 6.43. The first kappa shape index (κ1) is 18.0. The molecule has 1 saturated heterocycles. The number of unbranched alkanes of at least 4 members (excludes halogenated alkanes) is 8. The van der Waals surface area contributed by atoms with Crippen LogP contribution >= 0.6 is 0 Å². The van der Waals surface area contributed by atoms with Gasteiger partial charge in [0.25, 0.3) is 0 Å². The fourth-order valence-electron chi connectivity index (χ4n) is 2.88. The van der Waals surface area contributed by atoms with Crippen molar-refractivity contribution in [3.05, 3.63) is 35.4 Å². The van der Waals surface area contributed by atoms with Gasteiger partial charge in [0.1, 0.15) is 12.2 Å². The summed E-state index contributed by atoms with van der Waals surface area (Å²) in [5.74, 6) is 6.54. The molecule has 0 amide bonds. The molecule has 2 heteroatoms. The molecule has 2 nitrogen and oxygen atoms in total. The smallest absolute Gasteiger partial charge is 0.112 e. The van der Waals surface area contributed by atoms with Crippen molar-refractivity contribution in [1.29, 1.82) is 0 Å². The minimum Gasteiger partial charge on any atom is -0.394 e. The highest BCUT2D eigenvalue weighted by Crippen LogP contribution is 2.38. The molecule has 0 aliphatic carbocycles. The van der Waals surface area contributed by atoms with Crippen molar-refractivity contribution in [2.24, 2.45) is 0 Å². The van der Waals surface area contributed by atoms with Crippen LogP contribution in [0.4, 0.5) is 0 Å². The Morgan fingerprint density at radius 1 is 1.04 bits per heavy atom. The predicted molar refractivity (Wildman–Crippen MR) is 95.2 cm³/mol. The fraction of sp³-hybridized carbons (Fsp3) is 0.619. The summed E-state index contributed by atoms with van der Waals surface area (Å²) in [4.78, 5) is 0. The SMILES string of the molecule is CCCCCCCCCCC#Cc1cccc([C@H]2O[C@@H]2CO)c1. The highest BCUT2D eigenvalue weighted by Gasteiger charge is 2.39. The number of aliphatic hydroxyl groups is 1. The van der Waals surface area contributed by atoms with E-state index in [4.69, 9.17) is 9.84 Å². The van der Waals surface area contributed by atoms with Crippen molar-refractivity contribution in [3.8, 4) is 11.8 Å². The number of hydrogen-bond donors (Lipinski definition) is 1. The van der Waals surface area contributed by atoms with Crippen LogP contribution in [0.25, 0.3) is 0 Å². The van der Waals surface area contributed by atoms with Crippen LogP contribution in [0.2, 0.25) is 0 Å². The minimum atomic E-state index is -0.0180. The molecule has 0 spiro atoms. The van der Waals surface area contributed by atoms with Gasteiger partial charge in [-0.1, -0.05) is 75.8 Å². The molecular formula is C21H30O2. The van der Waals surface area contributed by atoms with E-state index >= 15 is 0 Å². The molecule has 23 heavy (non-hydrogen) atoms. The van der Waals surface area contributed by atoms with Crippen molar-refractivity contribution in [1.82, 2.24) is 0 Å². The lowest BCUT2D eigenvalue weighted by Crippen LogP contribution is -1.94. The second kappa shape index (κ2) is 10.5. The van der Waals surface area contributed by atoms with E-state index in [2.05, 4.69) is 24.8 Å². The van der Waals surface area contributed by atoms with E-state index in [-0.39, 0.29) is 18.8 Å². The molecule has 1 heterocycles. The summed E-state index contributed by atoms with van der Waals surface area (Å²) < 4.78 is 5.41. The number of hydrogen-bond acceptors (Lipinski definition) is 2. The number of benzene rings is 1. The van der Waals surface area contributed by atoms with Gasteiger partial charge >= 0.3 is 0 Å². The Morgan fingerprint density at radius 2 is 1.78 bits per heavy atom. The number of epoxide rings is 1. The van der Waals surface area contributed by atoms with E-state index in [9.17, 15) is 0 Å². The van der Waals surface area contributed by atoms with Crippen LogP contribution in [-0.4, -0.2) is 17.8 Å². The van der Waals surface area contributed by atoms with E-state index in [0.717, 1.165) is 17.5 Å². The van der Waals surface area contributed by atoms with Crippen LogP contribution in [-0.2, 0) is 4.74 Å². The fourth-order valence-corrected chi connectivity index (χ4v) is 2.88. The summed E-state index contributed by atoms with van der Waals surface area (Å²) in [6.07, 6.45) is 11.8. The lowest BCUT2D eigenvalue weighted by molar-refractivity contribution is 0.242. The summed E-state index contributed by atoms with van der Waals surface area (Å²) in [6.45, 7) is 2.36. The monoisotopic (exact) mass is 314 g/mol. The summed E-state index contributed by atoms with van der Waals surface area (Å²) in [7, 11) is 0. The molecule has 2 rings (SSSR count). The number of rotatable bonds is 10. The highest BCUT2D eigenvalue weighted by molar-refractivity contribution is 5.39. The third-order valence-electron chi connectivity index (χ3n) is 4.37. The van der Waals surface area contributed by atoms with Crippen molar-refractivity contribution < 1.29 is 9.84 Å². The Kier molecular flexibility index (Phi) is 8.21. The molecular weight excluding hydrogens is 284 g/mol. The molecule has 0 saturated carbocycles. The molecule has 1 aromatic carbocycles. The van der Waals surface area contributed by atoms with Crippen molar-refractivity contribution in [2.75, 3.05) is 6.61 Å². The van der Waals surface area contributed by atoms with Crippen LogP contribution in [0, 0.1) is 11.8 Å². The zero-order valence-corrected chi connectivity index (χ0v) is 14.4. The van der Waals surface area contributed by atoms with Gasteiger partial charge in [-0.25, -0.2) is 0 Å². The van der Waals surface area contributed by atoms with Gasteiger partial charge in [-0.05, 0) is 24.1 Å². The van der Waals surface area contributed by atoms with E-state index in [0.29, 0.717) is 0 Å². The van der Waals surface area contributed by atoms with Gasteiger partial charge in [0.15, 0.2) is 0 Å². The lowest BCUT2D eigenvalue weighted by Gasteiger charge is -1.99. The Labute approximate surface area is 141 Å². The highest BCUT2D eigenvalue weighted by atomic mass is 16.6. The van der Waals surface area contributed by atoms with Crippen LogP contribution in [0.3, 0.4) is 0 Å². The van der Waals surface area contributed by atoms with Crippen molar-refractivity contribution >= 4 is 0 Å². The van der Waals surface area contributed by atoms with E-state index in [1.165, 1.54) is 51.4 Å². The third-order valence-corrected chi connectivity index (χ3v) is 4.37. The molecule has 1 fully saturated rings. The lowest BCUT2D eigenvalue weighted by atomic mass is 10.1. The summed E-state index contributed by atoms with van der Waals surface area (Å²) in [5, 5.41) is 9.06. The molecule has 0 unspecified atom stereocenters. The largest absolute Gasteiger partial charge is 0.394 e. The molecule has 1 aliphatic heterocycles. The van der Waals surface area contributed by atoms with Gasteiger partial charge in [0, 0.05) is 12.0 Å². The Hall–Kier alpha value is -1.30. The van der Waals surface area contributed by atoms with Gasteiger partial charge < -0.3 is 9.84 Å². The molecule has 2 atom stereocenters. The zero-order chi connectivity index (χ0) is 16.3. The van der Waals surface area contributed by atoms with Crippen LogP contribution in [0.5, 0.6) is 0 Å². The Balaban J connectivity index is 1.60. The van der Waals surface area contributed by atoms with Crippen molar-refractivity contribution in [3.63, 3.8) is 0 Å². The first-order chi connectivity index (χ1) is 11.3. The molecule has 126 valence electrons. The first-order valence-electron chi connectivity index (χ1n) is 9.20. The maximum atomic E-state index is 9.06. The van der Waals surface area contributed by atoms with Crippen LogP contribution < -0.4 is 0 Å². The van der Waals surface area contributed by atoms with Gasteiger partial charge in [0.05, 0.1) is 6.61 Å². The maximum absolute atomic E-state index is 9.06. The molecule has 1 aromatic rings. The summed E-state index contributed by atoms with van der Waals surface area (Å²) in [6, 6.07) is 8.19. The van der Waals surface area contributed by atoms with E-state index in [1.54, 1.807) is 0 Å². The van der Waals surface area contributed by atoms with Gasteiger partial charge in [-0.2, -0.15) is 0 Å². The van der Waals surface area contributed by atoms with E-state index < -0.39 is 0 Å². The van der Waals surface area contributed by atoms with Gasteiger partial charge in [-0.3, -0.25) is 0 Å². The standard InChI is InChI=1S/C21H30O2/c1-2-3-4-5-6-7-8-9-10-11-13-18-14-12-15-19(16-18)21-20(17-22)23-21/h12,14-16,20-22H,2-10,17H2,1H3/t20-,21-/m1/s1.